The van der Waals surface area contributed by atoms with Gasteiger partial charge in [0.05, 0.1) is 11.0 Å². The second kappa shape index (κ2) is 5.84. The van der Waals surface area contributed by atoms with Crippen molar-refractivity contribution in [1.82, 2.24) is 19.9 Å². The normalized spacial score (nSPS) is 10.0. The third-order valence-electron chi connectivity index (χ3n) is 2.82. The van der Waals surface area contributed by atoms with Gasteiger partial charge in [0.15, 0.2) is 0 Å². The lowest BCUT2D eigenvalue weighted by molar-refractivity contribution is 1.22. The molecule has 4 aromatic rings. The zero-order valence-corrected chi connectivity index (χ0v) is 10.7. The van der Waals surface area contributed by atoms with Crippen LogP contribution in [-0.4, -0.2) is 19.9 Å². The summed E-state index contributed by atoms with van der Waals surface area (Å²) < 4.78 is 0. The zero-order chi connectivity index (χ0) is 13.6. The highest BCUT2D eigenvalue weighted by molar-refractivity contribution is 5.77. The van der Waals surface area contributed by atoms with Gasteiger partial charge in [0, 0.05) is 35.6 Å². The van der Waals surface area contributed by atoms with Crippen LogP contribution < -0.4 is 0 Å². The molecule has 0 atom stereocenters. The molecule has 0 radical (unpaired) electrons. The Kier molecular flexibility index (Phi) is 3.55. The summed E-state index contributed by atoms with van der Waals surface area (Å²) in [5.41, 5.74) is 2.00. The van der Waals surface area contributed by atoms with Crippen LogP contribution >= 0.6 is 0 Å². The van der Waals surface area contributed by atoms with E-state index in [1.807, 2.05) is 54.9 Å². The molecule has 0 N–H and O–H groups in total. The molecule has 4 rings (SSSR count). The fraction of sp³-hybridized carbons (Fsp3) is 0. The average molecular weight is 260 g/mol. The van der Waals surface area contributed by atoms with Crippen molar-refractivity contribution >= 4 is 21.8 Å². The van der Waals surface area contributed by atoms with Gasteiger partial charge in [0.2, 0.25) is 0 Å². The van der Waals surface area contributed by atoms with Gasteiger partial charge in [0.1, 0.15) is 6.33 Å². The molecule has 0 bridgehead atoms. The average Bonchev–Trinajstić information content (AvgIpc) is 2.56. The summed E-state index contributed by atoms with van der Waals surface area (Å²) in [4.78, 5) is 16.1. The molecule has 0 aliphatic heterocycles. The number of hydrogen-bond donors (Lipinski definition) is 0. The monoisotopic (exact) mass is 260 g/mol. The first kappa shape index (κ1) is 12.2. The van der Waals surface area contributed by atoms with Crippen LogP contribution in [-0.2, 0) is 0 Å². The molecule has 0 saturated carbocycles. The molecule has 1 aromatic carbocycles. The molecule has 0 aliphatic rings. The number of pyridine rings is 2. The fourth-order valence-corrected chi connectivity index (χ4v) is 1.84. The van der Waals surface area contributed by atoms with Crippen LogP contribution in [0.5, 0.6) is 0 Å². The maximum absolute atomic E-state index is 4.14. The van der Waals surface area contributed by atoms with E-state index < -0.39 is 0 Å². The fourth-order valence-electron chi connectivity index (χ4n) is 1.84. The van der Waals surface area contributed by atoms with Gasteiger partial charge < -0.3 is 0 Å². The lowest BCUT2D eigenvalue weighted by atomic mass is 10.2. The highest BCUT2D eigenvalue weighted by atomic mass is 14.8. The summed E-state index contributed by atoms with van der Waals surface area (Å²) in [6.07, 6.45) is 8.70. The molecule has 3 heterocycles. The molecule has 20 heavy (non-hydrogen) atoms. The molecular weight excluding hydrogens is 248 g/mol. The summed E-state index contributed by atoms with van der Waals surface area (Å²) >= 11 is 0. The van der Waals surface area contributed by atoms with E-state index >= 15 is 0 Å². The van der Waals surface area contributed by atoms with Gasteiger partial charge in [-0.3, -0.25) is 9.97 Å². The predicted octanol–water partition coefficient (Wildman–Crippen LogP) is 3.26. The zero-order valence-electron chi connectivity index (χ0n) is 10.7. The summed E-state index contributed by atoms with van der Waals surface area (Å²) in [5.74, 6) is 0. The topological polar surface area (TPSA) is 51.6 Å². The largest absolute Gasteiger partial charge is 0.264 e. The molecule has 3 aromatic heterocycles. The van der Waals surface area contributed by atoms with Gasteiger partial charge in [-0.2, -0.15) is 0 Å². The minimum absolute atomic E-state index is 0.998. The molecule has 0 fully saturated rings. The van der Waals surface area contributed by atoms with Gasteiger partial charge in [0.25, 0.3) is 0 Å². The Morgan fingerprint density at radius 3 is 2.25 bits per heavy atom. The standard InChI is InChI=1S/2C8H6N2/c1-2-7-6-9-5-3-8(7)10-4-1;1-2-4-8-7(3-1)5-9-6-10-8/h2*1-6H. The van der Waals surface area contributed by atoms with E-state index in [1.54, 1.807) is 18.7 Å². The lowest BCUT2D eigenvalue weighted by Gasteiger charge is -1.90. The Labute approximate surface area is 116 Å². The number of fused-ring (bicyclic) bond motifs is 2. The molecule has 4 nitrogen and oxygen atoms in total. The maximum atomic E-state index is 4.14. The van der Waals surface area contributed by atoms with Crippen LogP contribution in [0.1, 0.15) is 0 Å². The van der Waals surface area contributed by atoms with E-state index in [0.717, 1.165) is 21.8 Å². The molecule has 0 saturated heterocycles. The van der Waals surface area contributed by atoms with Gasteiger partial charge in [-0.25, -0.2) is 9.97 Å². The van der Waals surface area contributed by atoms with E-state index in [9.17, 15) is 0 Å². The Morgan fingerprint density at radius 2 is 1.35 bits per heavy atom. The molecule has 0 aliphatic carbocycles. The first-order chi connectivity index (χ1) is 9.93. The summed E-state index contributed by atoms with van der Waals surface area (Å²) in [5, 5.41) is 2.18. The van der Waals surface area contributed by atoms with Crippen molar-refractivity contribution in [2.24, 2.45) is 0 Å². The molecule has 96 valence electrons. The van der Waals surface area contributed by atoms with Crippen molar-refractivity contribution in [2.75, 3.05) is 0 Å². The number of hydrogen-bond acceptors (Lipinski definition) is 4. The molecule has 0 unspecified atom stereocenters. The summed E-state index contributed by atoms with van der Waals surface area (Å²) in [7, 11) is 0. The van der Waals surface area contributed by atoms with Gasteiger partial charge >= 0.3 is 0 Å². The Hall–Kier alpha value is -2.88. The van der Waals surface area contributed by atoms with Crippen molar-refractivity contribution in [3.63, 3.8) is 0 Å². The molecule has 0 amide bonds. The molecular formula is C16H12N4. The third-order valence-corrected chi connectivity index (χ3v) is 2.82. The van der Waals surface area contributed by atoms with E-state index in [2.05, 4.69) is 19.9 Å². The molecule has 0 spiro atoms. The SMILES string of the molecule is c1ccc2ncncc2c1.c1cnc2ccncc2c1. The number of benzene rings is 1. The molecule has 4 heteroatoms. The van der Waals surface area contributed by atoms with Crippen LogP contribution in [0.4, 0.5) is 0 Å². The van der Waals surface area contributed by atoms with Gasteiger partial charge in [-0.15, -0.1) is 0 Å². The highest BCUT2D eigenvalue weighted by Gasteiger charge is 1.88. The third kappa shape index (κ3) is 2.75. The number of aromatic nitrogens is 4. The Bertz CT molecular complexity index is 628. The van der Waals surface area contributed by atoms with Gasteiger partial charge in [-0.05, 0) is 24.3 Å². The maximum Gasteiger partial charge on any atom is 0.116 e. The second-order valence-corrected chi connectivity index (χ2v) is 4.15. The minimum atomic E-state index is 0.998. The highest BCUT2D eigenvalue weighted by Crippen LogP contribution is 2.06. The smallest absolute Gasteiger partial charge is 0.116 e. The van der Waals surface area contributed by atoms with Crippen LogP contribution in [0.25, 0.3) is 21.8 Å². The quantitative estimate of drug-likeness (QED) is 0.487. The van der Waals surface area contributed by atoms with Crippen molar-refractivity contribution in [1.29, 1.82) is 0 Å². The van der Waals surface area contributed by atoms with Crippen molar-refractivity contribution in [3.05, 3.63) is 73.6 Å². The minimum Gasteiger partial charge on any atom is -0.264 e. The first-order valence-electron chi connectivity index (χ1n) is 6.23. The first-order valence-corrected chi connectivity index (χ1v) is 6.23. The summed E-state index contributed by atoms with van der Waals surface area (Å²) in [6.45, 7) is 0. The number of rotatable bonds is 0. The van der Waals surface area contributed by atoms with Crippen LogP contribution in [0.15, 0.2) is 73.6 Å². The summed E-state index contributed by atoms with van der Waals surface area (Å²) in [6, 6.07) is 13.7. The van der Waals surface area contributed by atoms with E-state index in [4.69, 9.17) is 0 Å². The number of para-hydroxylation sites is 1. The van der Waals surface area contributed by atoms with Crippen LogP contribution in [0.2, 0.25) is 0 Å². The predicted molar refractivity (Wildman–Crippen MR) is 79.1 cm³/mol. The van der Waals surface area contributed by atoms with E-state index in [0.29, 0.717) is 0 Å². The van der Waals surface area contributed by atoms with Crippen molar-refractivity contribution in [2.45, 2.75) is 0 Å². The van der Waals surface area contributed by atoms with Crippen molar-refractivity contribution in [3.8, 4) is 0 Å². The van der Waals surface area contributed by atoms with Crippen LogP contribution in [0.3, 0.4) is 0 Å². The van der Waals surface area contributed by atoms with Crippen molar-refractivity contribution < 1.29 is 0 Å². The van der Waals surface area contributed by atoms with Gasteiger partial charge in [-0.1, -0.05) is 18.2 Å². The van der Waals surface area contributed by atoms with Crippen LogP contribution in [0, 0.1) is 0 Å². The Morgan fingerprint density at radius 1 is 0.600 bits per heavy atom. The van der Waals surface area contributed by atoms with E-state index in [1.165, 1.54) is 0 Å². The van der Waals surface area contributed by atoms with E-state index in [-0.39, 0.29) is 0 Å². The lowest BCUT2D eigenvalue weighted by Crippen LogP contribution is -1.77. The second-order valence-electron chi connectivity index (χ2n) is 4.15. The Balaban J connectivity index is 0.000000121. The number of nitrogens with zero attached hydrogens (tertiary/aromatic N) is 4.